The zero-order chi connectivity index (χ0) is 13.8. The first-order chi connectivity index (χ1) is 9.11. The summed E-state index contributed by atoms with van der Waals surface area (Å²) in [6.45, 7) is 1.89. The van der Waals surface area contributed by atoms with Gasteiger partial charge in [0.2, 0.25) is 0 Å². The van der Waals surface area contributed by atoms with Gasteiger partial charge < -0.3 is 15.1 Å². The summed E-state index contributed by atoms with van der Waals surface area (Å²) in [5, 5.41) is 2.95. The van der Waals surface area contributed by atoms with Crippen LogP contribution in [0.3, 0.4) is 0 Å². The Labute approximate surface area is 114 Å². The molecule has 0 aliphatic carbocycles. The predicted octanol–water partition coefficient (Wildman–Crippen LogP) is 1.29. The van der Waals surface area contributed by atoms with Crippen molar-refractivity contribution in [1.29, 1.82) is 0 Å². The molecule has 0 spiro atoms. The van der Waals surface area contributed by atoms with E-state index in [1.54, 1.807) is 18.0 Å². The van der Waals surface area contributed by atoms with Gasteiger partial charge in [0.15, 0.2) is 0 Å². The van der Waals surface area contributed by atoms with Crippen LogP contribution in [0.2, 0.25) is 0 Å². The maximum atomic E-state index is 12.3. The highest BCUT2D eigenvalue weighted by atomic mass is 16.2. The molecule has 1 amide bonds. The molecule has 104 valence electrons. The van der Waals surface area contributed by atoms with E-state index in [1.807, 2.05) is 19.2 Å². The van der Waals surface area contributed by atoms with E-state index in [-0.39, 0.29) is 5.91 Å². The lowest BCUT2D eigenvalue weighted by Crippen LogP contribution is -2.39. The van der Waals surface area contributed by atoms with Crippen LogP contribution in [-0.2, 0) is 0 Å². The van der Waals surface area contributed by atoms with Crippen molar-refractivity contribution in [2.75, 3.05) is 39.5 Å². The topological polar surface area (TPSA) is 48.5 Å². The lowest BCUT2D eigenvalue weighted by molar-refractivity contribution is 0.0756. The van der Waals surface area contributed by atoms with Gasteiger partial charge in [-0.1, -0.05) is 6.07 Å². The number of likely N-dealkylation sites (N-methyl/N-ethyl adjacent to an activating group) is 2. The molecule has 2 heterocycles. The second-order valence-electron chi connectivity index (χ2n) is 5.12. The Kier molecular flexibility index (Phi) is 4.37. The average Bonchev–Trinajstić information content (AvgIpc) is 2.83. The first kappa shape index (κ1) is 13.8. The number of rotatable bonds is 4. The number of hydrogen-bond donors (Lipinski definition) is 1. The van der Waals surface area contributed by atoms with Crippen LogP contribution in [0.25, 0.3) is 0 Å². The van der Waals surface area contributed by atoms with Crippen molar-refractivity contribution in [1.82, 2.24) is 14.8 Å². The minimum atomic E-state index is -0.0163. The van der Waals surface area contributed by atoms with E-state index in [0.717, 1.165) is 25.3 Å². The number of carbonyl (C=O) groups is 1. The SMILES string of the molecule is CNc1cccc(C(=O)N(C)CC2CCCN2C)n1. The monoisotopic (exact) mass is 262 g/mol. The molecule has 1 aliphatic heterocycles. The average molecular weight is 262 g/mol. The third kappa shape index (κ3) is 3.23. The van der Waals surface area contributed by atoms with Crippen LogP contribution in [0.1, 0.15) is 23.3 Å². The summed E-state index contributed by atoms with van der Waals surface area (Å²) in [6.07, 6.45) is 2.38. The Morgan fingerprint density at radius 1 is 1.58 bits per heavy atom. The molecular weight excluding hydrogens is 240 g/mol. The summed E-state index contributed by atoms with van der Waals surface area (Å²) < 4.78 is 0. The lowest BCUT2D eigenvalue weighted by Gasteiger charge is -2.25. The highest BCUT2D eigenvalue weighted by molar-refractivity contribution is 5.92. The van der Waals surface area contributed by atoms with Gasteiger partial charge in [-0.05, 0) is 38.6 Å². The minimum Gasteiger partial charge on any atom is -0.373 e. The van der Waals surface area contributed by atoms with Crippen LogP contribution in [0, 0.1) is 0 Å². The van der Waals surface area contributed by atoms with E-state index in [9.17, 15) is 4.79 Å². The number of amides is 1. The quantitative estimate of drug-likeness (QED) is 0.888. The van der Waals surface area contributed by atoms with Crippen molar-refractivity contribution in [2.45, 2.75) is 18.9 Å². The number of hydrogen-bond acceptors (Lipinski definition) is 4. The summed E-state index contributed by atoms with van der Waals surface area (Å²) in [5.41, 5.74) is 0.495. The van der Waals surface area contributed by atoms with Gasteiger partial charge in [-0.2, -0.15) is 0 Å². The normalized spacial score (nSPS) is 19.4. The third-order valence-electron chi connectivity index (χ3n) is 3.73. The summed E-state index contributed by atoms with van der Waals surface area (Å²) >= 11 is 0. The van der Waals surface area contributed by atoms with Crippen LogP contribution in [-0.4, -0.2) is 61.0 Å². The number of aromatic nitrogens is 1. The summed E-state index contributed by atoms with van der Waals surface area (Å²) in [6, 6.07) is 5.93. The van der Waals surface area contributed by atoms with Gasteiger partial charge in [0.05, 0.1) is 0 Å². The van der Waals surface area contributed by atoms with Gasteiger partial charge in [-0.25, -0.2) is 4.98 Å². The van der Waals surface area contributed by atoms with Crippen molar-refractivity contribution in [3.8, 4) is 0 Å². The second kappa shape index (κ2) is 6.02. The summed E-state index contributed by atoms with van der Waals surface area (Å²) in [5.74, 6) is 0.703. The van der Waals surface area contributed by atoms with Crippen LogP contribution >= 0.6 is 0 Å². The molecule has 1 aromatic heterocycles. The molecule has 1 fully saturated rings. The number of pyridine rings is 1. The van der Waals surface area contributed by atoms with E-state index < -0.39 is 0 Å². The molecule has 1 saturated heterocycles. The maximum Gasteiger partial charge on any atom is 0.272 e. The smallest absolute Gasteiger partial charge is 0.272 e. The Bertz CT molecular complexity index is 449. The Morgan fingerprint density at radius 3 is 3.00 bits per heavy atom. The fraction of sp³-hybridized carbons (Fsp3) is 0.571. The maximum absolute atomic E-state index is 12.3. The molecule has 1 unspecified atom stereocenters. The van der Waals surface area contributed by atoms with Crippen LogP contribution in [0.15, 0.2) is 18.2 Å². The van der Waals surface area contributed by atoms with E-state index >= 15 is 0 Å². The van der Waals surface area contributed by atoms with Gasteiger partial charge in [-0.3, -0.25) is 4.79 Å². The lowest BCUT2D eigenvalue weighted by atomic mass is 10.2. The summed E-state index contributed by atoms with van der Waals surface area (Å²) in [4.78, 5) is 20.7. The van der Waals surface area contributed by atoms with Gasteiger partial charge in [0.1, 0.15) is 11.5 Å². The number of nitrogens with one attached hydrogen (secondary N) is 1. The minimum absolute atomic E-state index is 0.0163. The van der Waals surface area contributed by atoms with Gasteiger partial charge >= 0.3 is 0 Å². The van der Waals surface area contributed by atoms with E-state index in [0.29, 0.717) is 11.7 Å². The second-order valence-corrected chi connectivity index (χ2v) is 5.12. The van der Waals surface area contributed by atoms with Crippen molar-refractivity contribution in [3.63, 3.8) is 0 Å². The Balaban J connectivity index is 2.01. The number of carbonyl (C=O) groups excluding carboxylic acids is 1. The van der Waals surface area contributed by atoms with Gasteiger partial charge in [0.25, 0.3) is 5.91 Å². The molecule has 1 aliphatic rings. The molecule has 1 N–H and O–H groups in total. The molecule has 0 bridgehead atoms. The molecule has 5 nitrogen and oxygen atoms in total. The van der Waals surface area contributed by atoms with Crippen molar-refractivity contribution in [3.05, 3.63) is 23.9 Å². The molecule has 0 saturated carbocycles. The Morgan fingerprint density at radius 2 is 2.37 bits per heavy atom. The summed E-state index contributed by atoms with van der Waals surface area (Å²) in [7, 11) is 5.77. The molecule has 0 radical (unpaired) electrons. The van der Waals surface area contributed by atoms with E-state index in [1.165, 1.54) is 6.42 Å². The zero-order valence-corrected chi connectivity index (χ0v) is 11.9. The number of anilines is 1. The molecule has 1 atom stereocenters. The van der Waals surface area contributed by atoms with Gasteiger partial charge in [-0.15, -0.1) is 0 Å². The van der Waals surface area contributed by atoms with Crippen LogP contribution in [0.4, 0.5) is 5.82 Å². The molecule has 19 heavy (non-hydrogen) atoms. The number of nitrogens with zero attached hydrogens (tertiary/aromatic N) is 3. The molecular formula is C14H22N4O. The largest absolute Gasteiger partial charge is 0.373 e. The fourth-order valence-electron chi connectivity index (χ4n) is 2.50. The van der Waals surface area contributed by atoms with E-state index in [2.05, 4.69) is 22.2 Å². The van der Waals surface area contributed by atoms with Gasteiger partial charge in [0, 0.05) is 26.7 Å². The van der Waals surface area contributed by atoms with Crippen LogP contribution in [0.5, 0.6) is 0 Å². The van der Waals surface area contributed by atoms with Crippen molar-refractivity contribution >= 4 is 11.7 Å². The fourth-order valence-corrected chi connectivity index (χ4v) is 2.50. The Hall–Kier alpha value is -1.62. The molecule has 2 rings (SSSR count). The van der Waals surface area contributed by atoms with Crippen LogP contribution < -0.4 is 5.32 Å². The van der Waals surface area contributed by atoms with Crippen molar-refractivity contribution in [2.24, 2.45) is 0 Å². The molecule has 1 aromatic rings. The van der Waals surface area contributed by atoms with Crippen molar-refractivity contribution < 1.29 is 4.79 Å². The zero-order valence-electron chi connectivity index (χ0n) is 11.9. The van der Waals surface area contributed by atoms with E-state index in [4.69, 9.17) is 0 Å². The number of likely N-dealkylation sites (tertiary alicyclic amines) is 1. The molecule has 5 heteroatoms. The first-order valence-corrected chi connectivity index (χ1v) is 6.72. The third-order valence-corrected chi connectivity index (χ3v) is 3.73. The first-order valence-electron chi connectivity index (χ1n) is 6.72. The highest BCUT2D eigenvalue weighted by Gasteiger charge is 2.24. The highest BCUT2D eigenvalue weighted by Crippen LogP contribution is 2.16. The standard InChI is InChI=1S/C14H22N4O/c1-15-13-8-4-7-12(16-13)14(19)18(3)10-11-6-5-9-17(11)2/h4,7-8,11H,5-6,9-10H2,1-3H3,(H,15,16). The molecule has 0 aromatic carbocycles. The predicted molar refractivity (Wildman–Crippen MR) is 76.4 cm³/mol.